The lowest BCUT2D eigenvalue weighted by Gasteiger charge is -2.26. The number of fused-ring (bicyclic) bond motifs is 3. The molecule has 112 valence electrons. The van der Waals surface area contributed by atoms with Crippen LogP contribution in [-0.4, -0.2) is 11.4 Å². The minimum absolute atomic E-state index is 0.409. The van der Waals surface area contributed by atoms with E-state index in [4.69, 9.17) is 0 Å². The number of carbonyl (C=O) groups excluding carboxylic acids is 1. The second-order valence-corrected chi connectivity index (χ2v) is 5.69. The summed E-state index contributed by atoms with van der Waals surface area (Å²) < 4.78 is 13.7. The molecular weight excluding hydrogens is 291 g/mol. The van der Waals surface area contributed by atoms with Crippen molar-refractivity contribution >= 4 is 6.29 Å². The van der Waals surface area contributed by atoms with Gasteiger partial charge in [-0.05, 0) is 34.9 Å². The molecule has 23 heavy (non-hydrogen) atoms. The molecule has 0 radical (unpaired) electrons. The van der Waals surface area contributed by atoms with Crippen LogP contribution in [0.3, 0.4) is 0 Å². The Hall–Kier alpha value is -2.78. The van der Waals surface area contributed by atoms with Crippen molar-refractivity contribution in [1.29, 1.82) is 0 Å². The molecule has 1 N–H and O–H groups in total. The largest absolute Gasteiger partial charge is 0.376 e. The molecule has 1 unspecified atom stereocenters. The molecule has 0 heterocycles. The Labute approximate surface area is 132 Å². The first-order chi connectivity index (χ1) is 11.1. The van der Waals surface area contributed by atoms with Gasteiger partial charge in [0.2, 0.25) is 0 Å². The maximum absolute atomic E-state index is 13.7. The number of aldehydes is 1. The molecule has 3 aromatic rings. The number of hydrogen-bond acceptors (Lipinski definition) is 2. The van der Waals surface area contributed by atoms with Crippen LogP contribution in [0.25, 0.3) is 11.1 Å². The molecule has 1 atom stereocenters. The van der Waals surface area contributed by atoms with Crippen LogP contribution >= 0.6 is 0 Å². The maximum atomic E-state index is 13.7. The SMILES string of the molecule is O=Cc1ccc2c(c1)C(O)(c1cccc(F)c1)c1ccccc1-2. The Kier molecular flexibility index (Phi) is 2.93. The van der Waals surface area contributed by atoms with Crippen molar-refractivity contribution in [3.8, 4) is 11.1 Å². The van der Waals surface area contributed by atoms with Crippen molar-refractivity contribution in [2.75, 3.05) is 0 Å². The third-order valence-corrected chi connectivity index (χ3v) is 4.42. The molecule has 0 fully saturated rings. The van der Waals surface area contributed by atoms with Crippen molar-refractivity contribution in [3.63, 3.8) is 0 Å². The Bertz CT molecular complexity index is 932. The van der Waals surface area contributed by atoms with Gasteiger partial charge < -0.3 is 5.11 Å². The monoisotopic (exact) mass is 304 g/mol. The fourth-order valence-corrected chi connectivity index (χ4v) is 3.37. The van der Waals surface area contributed by atoms with Crippen LogP contribution in [0.4, 0.5) is 4.39 Å². The van der Waals surface area contributed by atoms with Gasteiger partial charge in [-0.1, -0.05) is 48.5 Å². The second kappa shape index (κ2) is 4.86. The van der Waals surface area contributed by atoms with E-state index in [0.717, 1.165) is 17.4 Å². The van der Waals surface area contributed by atoms with Gasteiger partial charge in [0.05, 0.1) is 0 Å². The second-order valence-electron chi connectivity index (χ2n) is 5.69. The topological polar surface area (TPSA) is 37.3 Å². The van der Waals surface area contributed by atoms with Crippen LogP contribution in [0.2, 0.25) is 0 Å². The summed E-state index contributed by atoms with van der Waals surface area (Å²) in [7, 11) is 0. The van der Waals surface area contributed by atoms with E-state index in [1.807, 2.05) is 30.3 Å². The van der Waals surface area contributed by atoms with E-state index in [9.17, 15) is 14.3 Å². The van der Waals surface area contributed by atoms with E-state index < -0.39 is 11.4 Å². The molecule has 0 spiro atoms. The number of hydrogen-bond donors (Lipinski definition) is 1. The zero-order valence-electron chi connectivity index (χ0n) is 12.2. The number of aliphatic hydroxyl groups is 1. The summed E-state index contributed by atoms with van der Waals surface area (Å²) in [4.78, 5) is 11.1. The Balaban J connectivity index is 2.09. The first-order valence-corrected chi connectivity index (χ1v) is 7.32. The van der Waals surface area contributed by atoms with Gasteiger partial charge in [0.1, 0.15) is 17.7 Å². The summed E-state index contributed by atoms with van der Waals surface area (Å²) in [6, 6.07) is 18.7. The molecule has 0 saturated heterocycles. The lowest BCUT2D eigenvalue weighted by atomic mass is 9.84. The molecular formula is C20H13FO2. The Morgan fingerprint density at radius 3 is 2.43 bits per heavy atom. The van der Waals surface area contributed by atoms with Gasteiger partial charge in [0, 0.05) is 16.7 Å². The van der Waals surface area contributed by atoms with E-state index >= 15 is 0 Å². The summed E-state index contributed by atoms with van der Waals surface area (Å²) in [5.74, 6) is -0.409. The van der Waals surface area contributed by atoms with Gasteiger partial charge in [0.15, 0.2) is 0 Å². The molecule has 0 aliphatic heterocycles. The van der Waals surface area contributed by atoms with E-state index in [1.54, 1.807) is 24.3 Å². The van der Waals surface area contributed by atoms with Gasteiger partial charge in [-0.25, -0.2) is 4.39 Å². The molecule has 1 aliphatic rings. The fourth-order valence-electron chi connectivity index (χ4n) is 3.37. The van der Waals surface area contributed by atoms with E-state index in [0.29, 0.717) is 22.3 Å². The van der Waals surface area contributed by atoms with Crippen molar-refractivity contribution < 1.29 is 14.3 Å². The third-order valence-electron chi connectivity index (χ3n) is 4.42. The smallest absolute Gasteiger partial charge is 0.150 e. The van der Waals surface area contributed by atoms with Crippen LogP contribution in [-0.2, 0) is 5.60 Å². The first kappa shape index (κ1) is 13.9. The Morgan fingerprint density at radius 2 is 1.65 bits per heavy atom. The molecule has 0 amide bonds. The summed E-state index contributed by atoms with van der Waals surface area (Å²) in [6.45, 7) is 0. The Morgan fingerprint density at radius 1 is 0.870 bits per heavy atom. The summed E-state index contributed by atoms with van der Waals surface area (Å²) in [5, 5.41) is 11.5. The van der Waals surface area contributed by atoms with E-state index in [1.165, 1.54) is 12.1 Å². The number of carbonyl (C=O) groups is 1. The average molecular weight is 304 g/mol. The molecule has 4 rings (SSSR count). The average Bonchev–Trinajstić information content (AvgIpc) is 2.85. The number of rotatable bonds is 2. The molecule has 0 saturated carbocycles. The minimum Gasteiger partial charge on any atom is -0.376 e. The first-order valence-electron chi connectivity index (χ1n) is 7.32. The van der Waals surface area contributed by atoms with Gasteiger partial charge in [-0.2, -0.15) is 0 Å². The van der Waals surface area contributed by atoms with Crippen LogP contribution in [0.1, 0.15) is 27.0 Å². The zero-order valence-corrected chi connectivity index (χ0v) is 12.2. The standard InChI is InChI=1S/C20H13FO2/c21-15-5-3-4-14(11-15)20(23)18-7-2-1-6-16(18)17-9-8-13(12-22)10-19(17)20/h1-12,23H. The molecule has 3 aromatic carbocycles. The van der Waals surface area contributed by atoms with E-state index in [2.05, 4.69) is 0 Å². The van der Waals surface area contributed by atoms with Crippen molar-refractivity contribution in [1.82, 2.24) is 0 Å². The predicted octanol–water partition coefficient (Wildman–Crippen LogP) is 3.90. The molecule has 1 aliphatic carbocycles. The lowest BCUT2D eigenvalue weighted by molar-refractivity contribution is 0.112. The van der Waals surface area contributed by atoms with Crippen molar-refractivity contribution in [3.05, 3.63) is 94.8 Å². The van der Waals surface area contributed by atoms with Crippen LogP contribution in [0.15, 0.2) is 66.7 Å². The molecule has 3 heteroatoms. The van der Waals surface area contributed by atoms with Crippen LogP contribution in [0.5, 0.6) is 0 Å². The summed E-state index contributed by atoms with van der Waals surface area (Å²) in [6.07, 6.45) is 0.745. The van der Waals surface area contributed by atoms with Crippen LogP contribution in [0, 0.1) is 5.82 Å². The van der Waals surface area contributed by atoms with Gasteiger partial charge in [0.25, 0.3) is 0 Å². The van der Waals surface area contributed by atoms with Crippen LogP contribution < -0.4 is 0 Å². The zero-order chi connectivity index (χ0) is 16.0. The predicted molar refractivity (Wildman–Crippen MR) is 85.8 cm³/mol. The van der Waals surface area contributed by atoms with Gasteiger partial charge in [-0.15, -0.1) is 0 Å². The highest BCUT2D eigenvalue weighted by atomic mass is 19.1. The highest BCUT2D eigenvalue weighted by molar-refractivity contribution is 5.86. The number of halogens is 1. The highest BCUT2D eigenvalue weighted by Gasteiger charge is 2.43. The number of benzene rings is 3. The lowest BCUT2D eigenvalue weighted by Crippen LogP contribution is -2.26. The normalized spacial score (nSPS) is 18.3. The van der Waals surface area contributed by atoms with Gasteiger partial charge >= 0.3 is 0 Å². The minimum atomic E-state index is -1.47. The molecule has 0 aromatic heterocycles. The third kappa shape index (κ3) is 1.87. The maximum Gasteiger partial charge on any atom is 0.150 e. The van der Waals surface area contributed by atoms with Crippen molar-refractivity contribution in [2.45, 2.75) is 5.60 Å². The van der Waals surface area contributed by atoms with E-state index in [-0.39, 0.29) is 0 Å². The fraction of sp³-hybridized carbons (Fsp3) is 0.0500. The van der Waals surface area contributed by atoms with Crippen molar-refractivity contribution in [2.24, 2.45) is 0 Å². The summed E-state index contributed by atoms with van der Waals surface area (Å²) >= 11 is 0. The summed E-state index contributed by atoms with van der Waals surface area (Å²) in [5.41, 5.74) is 2.52. The molecule has 0 bridgehead atoms. The van der Waals surface area contributed by atoms with Gasteiger partial charge in [-0.3, -0.25) is 4.79 Å². The quantitative estimate of drug-likeness (QED) is 0.729. The highest BCUT2D eigenvalue weighted by Crippen LogP contribution is 2.50. The molecule has 2 nitrogen and oxygen atoms in total.